The van der Waals surface area contributed by atoms with Gasteiger partial charge < -0.3 is 4.90 Å². The third-order valence-electron chi connectivity index (χ3n) is 4.91. The standard InChI is InChI=1S/C22H19ClN2O/c1-15-6-8-17(9-7-15)21-19-5-3-2-4-16(19)12-13-25(21)22(26)18-10-11-20(23)24-14-18/h2-11,14,21H,12-13H2,1H3. The number of pyridine rings is 1. The highest BCUT2D eigenvalue weighted by molar-refractivity contribution is 6.29. The summed E-state index contributed by atoms with van der Waals surface area (Å²) in [7, 11) is 0. The number of aromatic nitrogens is 1. The summed E-state index contributed by atoms with van der Waals surface area (Å²) in [6.45, 7) is 2.75. The first-order valence-electron chi connectivity index (χ1n) is 8.70. The third kappa shape index (κ3) is 3.11. The van der Waals surface area contributed by atoms with E-state index in [1.807, 2.05) is 11.0 Å². The number of benzene rings is 2. The number of aryl methyl sites for hydroxylation is 1. The lowest BCUT2D eigenvalue weighted by atomic mass is 9.87. The Kier molecular flexibility index (Phi) is 4.48. The summed E-state index contributed by atoms with van der Waals surface area (Å²) in [4.78, 5) is 19.2. The fourth-order valence-corrected chi connectivity index (χ4v) is 3.67. The summed E-state index contributed by atoms with van der Waals surface area (Å²) < 4.78 is 0. The number of hydrogen-bond donors (Lipinski definition) is 0. The molecule has 0 fully saturated rings. The van der Waals surface area contributed by atoms with E-state index in [9.17, 15) is 4.79 Å². The molecule has 1 aliphatic rings. The fourth-order valence-electron chi connectivity index (χ4n) is 3.56. The first-order valence-corrected chi connectivity index (χ1v) is 9.08. The second kappa shape index (κ2) is 6.93. The molecule has 0 spiro atoms. The van der Waals surface area contributed by atoms with Crippen LogP contribution in [0.4, 0.5) is 0 Å². The SMILES string of the molecule is Cc1ccc(C2c3ccccc3CCN2C(=O)c2ccc(Cl)nc2)cc1. The molecule has 0 saturated carbocycles. The molecule has 4 heteroatoms. The van der Waals surface area contributed by atoms with E-state index in [4.69, 9.17) is 11.6 Å². The number of amides is 1. The average Bonchev–Trinajstić information content (AvgIpc) is 2.68. The third-order valence-corrected chi connectivity index (χ3v) is 5.14. The van der Waals surface area contributed by atoms with Crippen molar-refractivity contribution in [2.24, 2.45) is 0 Å². The Morgan fingerprint density at radius 2 is 1.85 bits per heavy atom. The molecule has 3 aromatic rings. The summed E-state index contributed by atoms with van der Waals surface area (Å²) >= 11 is 5.87. The van der Waals surface area contributed by atoms with Crippen molar-refractivity contribution in [3.05, 3.63) is 99.8 Å². The number of nitrogens with zero attached hydrogens (tertiary/aromatic N) is 2. The summed E-state index contributed by atoms with van der Waals surface area (Å²) in [5.74, 6) is -0.0192. The van der Waals surface area contributed by atoms with E-state index in [0.717, 1.165) is 12.0 Å². The molecule has 1 atom stereocenters. The molecular weight excluding hydrogens is 344 g/mol. The van der Waals surface area contributed by atoms with Crippen molar-refractivity contribution in [3.63, 3.8) is 0 Å². The van der Waals surface area contributed by atoms with Crippen LogP contribution in [-0.2, 0) is 6.42 Å². The second-order valence-electron chi connectivity index (χ2n) is 6.63. The fraction of sp³-hybridized carbons (Fsp3) is 0.182. The van der Waals surface area contributed by atoms with Crippen molar-refractivity contribution in [2.75, 3.05) is 6.54 Å². The predicted octanol–water partition coefficient (Wildman–Crippen LogP) is 4.83. The van der Waals surface area contributed by atoms with Gasteiger partial charge in [-0.25, -0.2) is 4.98 Å². The Labute approximate surface area is 158 Å². The van der Waals surface area contributed by atoms with Gasteiger partial charge >= 0.3 is 0 Å². The van der Waals surface area contributed by atoms with Crippen molar-refractivity contribution in [3.8, 4) is 0 Å². The van der Waals surface area contributed by atoms with E-state index < -0.39 is 0 Å². The van der Waals surface area contributed by atoms with Crippen molar-refractivity contribution < 1.29 is 4.79 Å². The first-order chi connectivity index (χ1) is 12.6. The van der Waals surface area contributed by atoms with Crippen LogP contribution >= 0.6 is 11.6 Å². The minimum atomic E-state index is -0.0938. The van der Waals surface area contributed by atoms with E-state index in [0.29, 0.717) is 17.3 Å². The van der Waals surface area contributed by atoms with Gasteiger partial charge in [0, 0.05) is 12.7 Å². The van der Waals surface area contributed by atoms with Gasteiger partial charge in [0.25, 0.3) is 5.91 Å². The van der Waals surface area contributed by atoms with Crippen LogP contribution in [0.25, 0.3) is 0 Å². The highest BCUT2D eigenvalue weighted by Gasteiger charge is 2.32. The van der Waals surface area contributed by atoms with E-state index in [1.54, 1.807) is 18.3 Å². The van der Waals surface area contributed by atoms with Gasteiger partial charge in [-0.1, -0.05) is 65.7 Å². The quantitative estimate of drug-likeness (QED) is 0.612. The normalized spacial score (nSPS) is 16.2. The number of carbonyl (C=O) groups is 1. The number of hydrogen-bond acceptors (Lipinski definition) is 2. The molecule has 2 heterocycles. The van der Waals surface area contributed by atoms with Crippen LogP contribution in [0.2, 0.25) is 5.15 Å². The lowest BCUT2D eigenvalue weighted by Gasteiger charge is -2.38. The molecule has 0 aliphatic carbocycles. The van der Waals surface area contributed by atoms with Crippen LogP contribution in [-0.4, -0.2) is 22.3 Å². The van der Waals surface area contributed by atoms with Gasteiger partial charge in [0.2, 0.25) is 0 Å². The zero-order chi connectivity index (χ0) is 18.1. The Hall–Kier alpha value is -2.65. The van der Waals surface area contributed by atoms with Crippen LogP contribution < -0.4 is 0 Å². The average molecular weight is 363 g/mol. The van der Waals surface area contributed by atoms with Crippen LogP contribution in [0.3, 0.4) is 0 Å². The van der Waals surface area contributed by atoms with Crippen LogP contribution in [0, 0.1) is 6.92 Å². The molecule has 1 amide bonds. The maximum Gasteiger partial charge on any atom is 0.256 e. The van der Waals surface area contributed by atoms with Crippen molar-refractivity contribution >= 4 is 17.5 Å². The minimum Gasteiger partial charge on any atom is -0.327 e. The molecule has 2 aromatic carbocycles. The molecule has 1 unspecified atom stereocenters. The number of fused-ring (bicyclic) bond motifs is 1. The Morgan fingerprint density at radius 3 is 2.58 bits per heavy atom. The Bertz CT molecular complexity index is 935. The second-order valence-corrected chi connectivity index (χ2v) is 7.02. The van der Waals surface area contributed by atoms with Gasteiger partial charge in [-0.15, -0.1) is 0 Å². The molecule has 3 nitrogen and oxygen atoms in total. The summed E-state index contributed by atoms with van der Waals surface area (Å²) in [5, 5.41) is 0.389. The van der Waals surface area contributed by atoms with Gasteiger partial charge in [-0.05, 0) is 42.2 Å². The van der Waals surface area contributed by atoms with Gasteiger partial charge in [-0.3, -0.25) is 4.79 Å². The Balaban J connectivity index is 1.78. The van der Waals surface area contributed by atoms with Crippen LogP contribution in [0.5, 0.6) is 0 Å². The van der Waals surface area contributed by atoms with Crippen molar-refractivity contribution in [2.45, 2.75) is 19.4 Å². The minimum absolute atomic E-state index is 0.0192. The molecule has 0 radical (unpaired) electrons. The van der Waals surface area contributed by atoms with E-state index in [2.05, 4.69) is 54.4 Å². The highest BCUT2D eigenvalue weighted by atomic mass is 35.5. The van der Waals surface area contributed by atoms with Crippen LogP contribution in [0.15, 0.2) is 66.9 Å². The first kappa shape index (κ1) is 16.8. The van der Waals surface area contributed by atoms with Gasteiger partial charge in [-0.2, -0.15) is 0 Å². The maximum atomic E-state index is 13.2. The zero-order valence-corrected chi connectivity index (χ0v) is 15.3. The van der Waals surface area contributed by atoms with E-state index in [-0.39, 0.29) is 11.9 Å². The molecule has 4 rings (SSSR count). The smallest absolute Gasteiger partial charge is 0.256 e. The number of carbonyl (C=O) groups excluding carboxylic acids is 1. The molecule has 0 saturated heterocycles. The predicted molar refractivity (Wildman–Crippen MR) is 103 cm³/mol. The number of rotatable bonds is 2. The lowest BCUT2D eigenvalue weighted by Crippen LogP contribution is -2.40. The monoisotopic (exact) mass is 362 g/mol. The maximum absolute atomic E-state index is 13.2. The van der Waals surface area contributed by atoms with E-state index in [1.165, 1.54) is 16.7 Å². The molecule has 26 heavy (non-hydrogen) atoms. The Morgan fingerprint density at radius 1 is 1.08 bits per heavy atom. The van der Waals surface area contributed by atoms with Gasteiger partial charge in [0.1, 0.15) is 5.15 Å². The van der Waals surface area contributed by atoms with Crippen molar-refractivity contribution in [1.29, 1.82) is 0 Å². The summed E-state index contributed by atoms with van der Waals surface area (Å²) in [5.41, 5.74) is 5.38. The largest absolute Gasteiger partial charge is 0.327 e. The molecular formula is C22H19ClN2O. The molecule has 130 valence electrons. The summed E-state index contributed by atoms with van der Waals surface area (Å²) in [6.07, 6.45) is 2.41. The molecule has 0 N–H and O–H groups in total. The molecule has 1 aromatic heterocycles. The molecule has 1 aliphatic heterocycles. The molecule has 0 bridgehead atoms. The van der Waals surface area contributed by atoms with Crippen molar-refractivity contribution in [1.82, 2.24) is 9.88 Å². The zero-order valence-electron chi connectivity index (χ0n) is 14.5. The van der Waals surface area contributed by atoms with Gasteiger partial charge in [0.05, 0.1) is 11.6 Å². The van der Waals surface area contributed by atoms with Crippen LogP contribution in [0.1, 0.15) is 38.7 Å². The highest BCUT2D eigenvalue weighted by Crippen LogP contribution is 2.36. The topological polar surface area (TPSA) is 33.2 Å². The summed E-state index contributed by atoms with van der Waals surface area (Å²) in [6, 6.07) is 20.1. The lowest BCUT2D eigenvalue weighted by molar-refractivity contribution is 0.0694. The van der Waals surface area contributed by atoms with Gasteiger partial charge in [0.15, 0.2) is 0 Å². The van der Waals surface area contributed by atoms with E-state index >= 15 is 0 Å². The number of halogens is 1.